The molecule has 4 aromatic rings. The molecular formula is C24H16F6N2. The second-order valence-electron chi connectivity index (χ2n) is 7.13. The van der Waals surface area contributed by atoms with Gasteiger partial charge in [0.25, 0.3) is 0 Å². The predicted molar refractivity (Wildman–Crippen MR) is 107 cm³/mol. The van der Waals surface area contributed by atoms with E-state index in [0.717, 1.165) is 23.0 Å². The number of alkyl halides is 6. The van der Waals surface area contributed by atoms with Crippen LogP contribution in [0, 0.1) is 0 Å². The summed E-state index contributed by atoms with van der Waals surface area (Å²) in [6, 6.07) is 21.8. The topological polar surface area (TPSA) is 17.8 Å². The first kappa shape index (κ1) is 21.7. The molecule has 8 heteroatoms. The molecule has 3 aromatic carbocycles. The standard InChI is InChI=1S/C24H16F6N2/c25-23(26,27)20-14-8-7-13-19(20)22(17-9-3-1-4-10-17,18-11-5-2-6-12-18)32-16-15-21(31-32)24(28,29)30/h1-16H. The molecule has 0 radical (unpaired) electrons. The first-order valence-corrected chi connectivity index (χ1v) is 9.56. The minimum atomic E-state index is -4.76. The zero-order chi connectivity index (χ0) is 23.0. The molecule has 1 heterocycles. The van der Waals surface area contributed by atoms with E-state index in [1.54, 1.807) is 60.7 Å². The Labute approximate surface area is 179 Å². The molecule has 32 heavy (non-hydrogen) atoms. The lowest BCUT2D eigenvalue weighted by atomic mass is 9.75. The van der Waals surface area contributed by atoms with Crippen LogP contribution in [-0.4, -0.2) is 9.78 Å². The van der Waals surface area contributed by atoms with E-state index in [1.165, 1.54) is 18.2 Å². The van der Waals surface area contributed by atoms with E-state index in [2.05, 4.69) is 5.10 Å². The Hall–Kier alpha value is -3.55. The number of aromatic nitrogens is 2. The zero-order valence-electron chi connectivity index (χ0n) is 16.4. The van der Waals surface area contributed by atoms with Gasteiger partial charge in [0.15, 0.2) is 5.69 Å². The predicted octanol–water partition coefficient (Wildman–Crippen LogP) is 6.76. The molecule has 1 aromatic heterocycles. The van der Waals surface area contributed by atoms with Crippen molar-refractivity contribution in [3.05, 3.63) is 125 Å². The second-order valence-corrected chi connectivity index (χ2v) is 7.13. The lowest BCUT2D eigenvalue weighted by molar-refractivity contribution is -0.142. The van der Waals surface area contributed by atoms with Crippen molar-refractivity contribution in [2.75, 3.05) is 0 Å². The third-order valence-electron chi connectivity index (χ3n) is 5.23. The normalized spacial score (nSPS) is 12.7. The Morgan fingerprint density at radius 2 is 1.00 bits per heavy atom. The van der Waals surface area contributed by atoms with Gasteiger partial charge in [0.1, 0.15) is 5.54 Å². The first-order chi connectivity index (χ1) is 15.1. The SMILES string of the molecule is FC(F)(F)c1ccn(C(c2ccccc2)(c2ccccc2)c2ccccc2C(F)(F)F)n1. The number of benzene rings is 3. The van der Waals surface area contributed by atoms with E-state index in [1.807, 2.05) is 0 Å². The van der Waals surface area contributed by atoms with E-state index < -0.39 is 29.1 Å². The van der Waals surface area contributed by atoms with Crippen molar-refractivity contribution in [3.63, 3.8) is 0 Å². The van der Waals surface area contributed by atoms with Gasteiger partial charge in [0.2, 0.25) is 0 Å². The quantitative estimate of drug-likeness (QED) is 0.250. The van der Waals surface area contributed by atoms with Gasteiger partial charge in [-0.1, -0.05) is 78.9 Å². The summed E-state index contributed by atoms with van der Waals surface area (Å²) in [6.45, 7) is 0. The molecule has 0 atom stereocenters. The van der Waals surface area contributed by atoms with Gasteiger partial charge in [-0.05, 0) is 23.3 Å². The lowest BCUT2D eigenvalue weighted by Crippen LogP contribution is -2.40. The van der Waals surface area contributed by atoms with Crippen LogP contribution in [0.15, 0.2) is 97.2 Å². The Kier molecular flexibility index (Phi) is 5.32. The molecule has 0 spiro atoms. The van der Waals surface area contributed by atoms with Crippen LogP contribution in [0.3, 0.4) is 0 Å². The highest BCUT2D eigenvalue weighted by molar-refractivity contribution is 5.53. The summed E-state index contributed by atoms with van der Waals surface area (Å²) in [4.78, 5) is 0. The van der Waals surface area contributed by atoms with Crippen LogP contribution in [0.4, 0.5) is 26.3 Å². The average Bonchev–Trinajstić information content (AvgIpc) is 3.27. The van der Waals surface area contributed by atoms with Gasteiger partial charge >= 0.3 is 12.4 Å². The van der Waals surface area contributed by atoms with Crippen LogP contribution in [-0.2, 0) is 17.9 Å². The van der Waals surface area contributed by atoms with Gasteiger partial charge in [-0.3, -0.25) is 4.68 Å². The van der Waals surface area contributed by atoms with Crippen molar-refractivity contribution in [3.8, 4) is 0 Å². The lowest BCUT2D eigenvalue weighted by Gasteiger charge is -2.38. The van der Waals surface area contributed by atoms with Gasteiger partial charge < -0.3 is 0 Å². The fourth-order valence-corrected chi connectivity index (χ4v) is 3.93. The maximum absolute atomic E-state index is 14.1. The molecule has 2 nitrogen and oxygen atoms in total. The summed E-state index contributed by atoms with van der Waals surface area (Å²) in [5, 5.41) is 3.73. The summed E-state index contributed by atoms with van der Waals surface area (Å²) < 4.78 is 83.5. The number of nitrogens with zero attached hydrogens (tertiary/aromatic N) is 2. The molecule has 0 amide bonds. The molecule has 0 saturated carbocycles. The Morgan fingerprint density at radius 3 is 1.44 bits per heavy atom. The van der Waals surface area contributed by atoms with Crippen LogP contribution in [0.1, 0.15) is 27.9 Å². The number of hydrogen-bond acceptors (Lipinski definition) is 1. The summed E-state index contributed by atoms with van der Waals surface area (Å²) in [5.74, 6) is 0. The Bertz CT molecular complexity index is 1150. The largest absolute Gasteiger partial charge is 0.435 e. The molecule has 0 aliphatic rings. The van der Waals surface area contributed by atoms with Crippen molar-refractivity contribution in [2.24, 2.45) is 0 Å². The van der Waals surface area contributed by atoms with Gasteiger partial charge in [-0.2, -0.15) is 31.4 Å². The molecule has 164 valence electrons. The summed E-state index contributed by atoms with van der Waals surface area (Å²) in [7, 11) is 0. The molecule has 0 unspecified atom stereocenters. The highest BCUT2D eigenvalue weighted by atomic mass is 19.4. The summed E-state index contributed by atoms with van der Waals surface area (Å²) in [5.41, 5.74) is -3.53. The third-order valence-corrected chi connectivity index (χ3v) is 5.23. The number of halogens is 6. The molecule has 0 aliphatic carbocycles. The van der Waals surface area contributed by atoms with Gasteiger partial charge in [-0.15, -0.1) is 0 Å². The van der Waals surface area contributed by atoms with E-state index in [-0.39, 0.29) is 5.56 Å². The third kappa shape index (κ3) is 3.66. The molecule has 0 N–H and O–H groups in total. The van der Waals surface area contributed by atoms with Crippen LogP contribution in [0.25, 0.3) is 0 Å². The van der Waals surface area contributed by atoms with Gasteiger partial charge in [0.05, 0.1) is 5.56 Å². The minimum Gasteiger partial charge on any atom is -0.253 e. The highest BCUT2D eigenvalue weighted by Crippen LogP contribution is 2.46. The van der Waals surface area contributed by atoms with Crippen molar-refractivity contribution < 1.29 is 26.3 Å². The first-order valence-electron chi connectivity index (χ1n) is 9.56. The summed E-state index contributed by atoms with van der Waals surface area (Å²) in [6.07, 6.45) is -8.44. The second kappa shape index (κ2) is 7.85. The zero-order valence-corrected chi connectivity index (χ0v) is 16.4. The molecule has 0 saturated heterocycles. The van der Waals surface area contributed by atoms with E-state index in [0.29, 0.717) is 11.1 Å². The van der Waals surface area contributed by atoms with Crippen molar-refractivity contribution in [2.45, 2.75) is 17.9 Å². The van der Waals surface area contributed by atoms with Crippen LogP contribution < -0.4 is 0 Å². The van der Waals surface area contributed by atoms with Crippen molar-refractivity contribution >= 4 is 0 Å². The van der Waals surface area contributed by atoms with E-state index in [4.69, 9.17) is 0 Å². The number of hydrogen-bond donors (Lipinski definition) is 0. The maximum Gasteiger partial charge on any atom is 0.435 e. The van der Waals surface area contributed by atoms with E-state index in [9.17, 15) is 26.3 Å². The van der Waals surface area contributed by atoms with Gasteiger partial charge in [-0.25, -0.2) is 0 Å². The molecule has 4 rings (SSSR count). The maximum atomic E-state index is 14.1. The van der Waals surface area contributed by atoms with Gasteiger partial charge in [0, 0.05) is 11.8 Å². The van der Waals surface area contributed by atoms with Crippen LogP contribution in [0.2, 0.25) is 0 Å². The summed E-state index contributed by atoms with van der Waals surface area (Å²) >= 11 is 0. The van der Waals surface area contributed by atoms with Crippen LogP contribution >= 0.6 is 0 Å². The molecule has 0 aliphatic heterocycles. The molecular weight excluding hydrogens is 430 g/mol. The Balaban J connectivity index is 2.18. The van der Waals surface area contributed by atoms with Crippen molar-refractivity contribution in [1.82, 2.24) is 9.78 Å². The number of rotatable bonds is 4. The van der Waals surface area contributed by atoms with Crippen molar-refractivity contribution in [1.29, 1.82) is 0 Å². The fourth-order valence-electron chi connectivity index (χ4n) is 3.93. The fraction of sp³-hybridized carbons (Fsp3) is 0.125. The molecule has 0 fully saturated rings. The monoisotopic (exact) mass is 446 g/mol. The smallest absolute Gasteiger partial charge is 0.253 e. The highest BCUT2D eigenvalue weighted by Gasteiger charge is 2.47. The minimum absolute atomic E-state index is 0.235. The Morgan fingerprint density at radius 1 is 0.531 bits per heavy atom. The molecule has 0 bridgehead atoms. The van der Waals surface area contributed by atoms with E-state index >= 15 is 0 Å². The average molecular weight is 446 g/mol. The van der Waals surface area contributed by atoms with Crippen LogP contribution in [0.5, 0.6) is 0 Å².